The van der Waals surface area contributed by atoms with E-state index in [2.05, 4.69) is 0 Å². The third kappa shape index (κ3) is 1.28. The van der Waals surface area contributed by atoms with Crippen molar-refractivity contribution in [2.45, 2.75) is 20.3 Å². The summed E-state index contributed by atoms with van der Waals surface area (Å²) in [5, 5.41) is 0. The first-order valence-electron chi connectivity index (χ1n) is 3.96. The van der Waals surface area contributed by atoms with Crippen molar-refractivity contribution in [3.05, 3.63) is 22.4 Å². The predicted molar refractivity (Wildman–Crippen MR) is 48.3 cm³/mol. The third-order valence-corrected chi connectivity index (χ3v) is 2.23. The lowest BCUT2D eigenvalue weighted by molar-refractivity contribution is -0.112. The molecular weight excluding hydrogens is 152 g/mol. The SMILES string of the molecule is CC1=C(N)C(=O)C(CN)=C(C)C1. The second-order valence-corrected chi connectivity index (χ2v) is 3.16. The fourth-order valence-electron chi connectivity index (χ4n) is 1.42. The van der Waals surface area contributed by atoms with E-state index in [-0.39, 0.29) is 5.78 Å². The number of rotatable bonds is 1. The first-order valence-corrected chi connectivity index (χ1v) is 3.96. The zero-order chi connectivity index (χ0) is 9.30. The van der Waals surface area contributed by atoms with Crippen molar-refractivity contribution in [3.8, 4) is 0 Å². The molecule has 3 heteroatoms. The van der Waals surface area contributed by atoms with Gasteiger partial charge in [-0.3, -0.25) is 4.79 Å². The Morgan fingerprint density at radius 3 is 2.42 bits per heavy atom. The summed E-state index contributed by atoms with van der Waals surface area (Å²) < 4.78 is 0. The molecule has 3 nitrogen and oxygen atoms in total. The molecule has 4 N–H and O–H groups in total. The number of ketones is 1. The van der Waals surface area contributed by atoms with E-state index in [0.29, 0.717) is 17.8 Å². The van der Waals surface area contributed by atoms with Crippen LogP contribution in [0.2, 0.25) is 0 Å². The highest BCUT2D eigenvalue weighted by atomic mass is 16.1. The highest BCUT2D eigenvalue weighted by Gasteiger charge is 2.20. The van der Waals surface area contributed by atoms with Crippen LogP contribution in [0.1, 0.15) is 20.3 Å². The molecular formula is C9H14N2O. The topological polar surface area (TPSA) is 69.1 Å². The van der Waals surface area contributed by atoms with Crippen LogP contribution in [0.5, 0.6) is 0 Å². The second kappa shape index (κ2) is 3.11. The van der Waals surface area contributed by atoms with Crippen LogP contribution in [-0.2, 0) is 4.79 Å². The van der Waals surface area contributed by atoms with E-state index in [4.69, 9.17) is 11.5 Å². The van der Waals surface area contributed by atoms with E-state index in [1.807, 2.05) is 13.8 Å². The molecule has 0 fully saturated rings. The molecule has 0 radical (unpaired) electrons. The van der Waals surface area contributed by atoms with Gasteiger partial charge in [0, 0.05) is 12.1 Å². The lowest BCUT2D eigenvalue weighted by Gasteiger charge is -2.17. The van der Waals surface area contributed by atoms with Gasteiger partial charge in [0.1, 0.15) is 0 Å². The van der Waals surface area contributed by atoms with E-state index in [9.17, 15) is 4.79 Å². The van der Waals surface area contributed by atoms with Crippen LogP contribution < -0.4 is 11.5 Å². The van der Waals surface area contributed by atoms with Crippen LogP contribution in [0.25, 0.3) is 0 Å². The van der Waals surface area contributed by atoms with E-state index in [1.165, 1.54) is 0 Å². The maximum Gasteiger partial charge on any atom is 0.205 e. The van der Waals surface area contributed by atoms with Gasteiger partial charge in [0.25, 0.3) is 0 Å². The van der Waals surface area contributed by atoms with Crippen molar-refractivity contribution in [3.63, 3.8) is 0 Å². The Balaban J connectivity index is 3.06. The number of allylic oxidation sites excluding steroid dienone is 3. The largest absolute Gasteiger partial charge is 0.396 e. The Hall–Kier alpha value is -1.09. The van der Waals surface area contributed by atoms with Crippen molar-refractivity contribution in [1.29, 1.82) is 0 Å². The molecule has 0 aromatic heterocycles. The smallest absolute Gasteiger partial charge is 0.205 e. The molecule has 66 valence electrons. The van der Waals surface area contributed by atoms with E-state index < -0.39 is 0 Å². The highest BCUT2D eigenvalue weighted by Crippen LogP contribution is 2.23. The average Bonchev–Trinajstić information content (AvgIpc) is 2.01. The quantitative estimate of drug-likeness (QED) is 0.594. The summed E-state index contributed by atoms with van der Waals surface area (Å²) >= 11 is 0. The molecule has 1 aliphatic rings. The van der Waals surface area contributed by atoms with Crippen molar-refractivity contribution >= 4 is 5.78 Å². The van der Waals surface area contributed by atoms with Gasteiger partial charge < -0.3 is 11.5 Å². The summed E-state index contributed by atoms with van der Waals surface area (Å²) in [7, 11) is 0. The second-order valence-electron chi connectivity index (χ2n) is 3.16. The molecule has 1 rings (SSSR count). The molecule has 0 aromatic carbocycles. The summed E-state index contributed by atoms with van der Waals surface area (Å²) in [6.07, 6.45) is 0.782. The molecule has 0 spiro atoms. The maximum absolute atomic E-state index is 11.5. The van der Waals surface area contributed by atoms with Crippen LogP contribution in [0.3, 0.4) is 0 Å². The van der Waals surface area contributed by atoms with Crippen LogP contribution in [0, 0.1) is 0 Å². The molecule has 0 atom stereocenters. The molecule has 0 bridgehead atoms. The van der Waals surface area contributed by atoms with Gasteiger partial charge in [-0.05, 0) is 25.8 Å². The van der Waals surface area contributed by atoms with E-state index in [1.54, 1.807) is 0 Å². The number of Topliss-reactive ketones (excluding diaryl/α,β-unsaturated/α-hetero) is 1. The summed E-state index contributed by atoms with van der Waals surface area (Å²) in [6, 6.07) is 0. The van der Waals surface area contributed by atoms with Gasteiger partial charge in [-0.15, -0.1) is 0 Å². The molecule has 0 saturated carbocycles. The third-order valence-electron chi connectivity index (χ3n) is 2.23. The van der Waals surface area contributed by atoms with Crippen molar-refractivity contribution < 1.29 is 4.79 Å². The fraction of sp³-hybridized carbons (Fsp3) is 0.444. The summed E-state index contributed by atoms with van der Waals surface area (Å²) in [5.41, 5.74) is 14.1. The summed E-state index contributed by atoms with van der Waals surface area (Å²) in [4.78, 5) is 11.5. The van der Waals surface area contributed by atoms with E-state index in [0.717, 1.165) is 17.6 Å². The number of hydrogen-bond acceptors (Lipinski definition) is 3. The minimum absolute atomic E-state index is 0.0845. The van der Waals surface area contributed by atoms with Crippen molar-refractivity contribution in [1.82, 2.24) is 0 Å². The lowest BCUT2D eigenvalue weighted by atomic mass is 9.90. The molecule has 0 aliphatic heterocycles. The first-order chi connectivity index (χ1) is 5.57. The standard InChI is InChI=1S/C9H14N2O/c1-5-3-6(2)8(11)9(12)7(5)4-10/h3-4,10-11H2,1-2H3. The van der Waals surface area contributed by atoms with Gasteiger partial charge >= 0.3 is 0 Å². The number of nitrogens with two attached hydrogens (primary N) is 2. The van der Waals surface area contributed by atoms with E-state index >= 15 is 0 Å². The Bertz CT molecular complexity index is 287. The van der Waals surface area contributed by atoms with Gasteiger partial charge in [-0.25, -0.2) is 0 Å². The van der Waals surface area contributed by atoms with Gasteiger partial charge in [0.2, 0.25) is 5.78 Å². The summed E-state index contributed by atoms with van der Waals surface area (Å²) in [5.74, 6) is -0.0845. The zero-order valence-corrected chi connectivity index (χ0v) is 7.48. The molecule has 0 amide bonds. The first kappa shape index (κ1) is 9.00. The van der Waals surface area contributed by atoms with Crippen molar-refractivity contribution in [2.75, 3.05) is 6.54 Å². The number of hydrogen-bond donors (Lipinski definition) is 2. The van der Waals surface area contributed by atoms with Crippen LogP contribution in [0.4, 0.5) is 0 Å². The lowest BCUT2D eigenvalue weighted by Crippen LogP contribution is -2.25. The Labute approximate surface area is 72.1 Å². The molecule has 12 heavy (non-hydrogen) atoms. The Kier molecular flexibility index (Phi) is 2.33. The number of carbonyl (C=O) groups excluding carboxylic acids is 1. The molecule has 1 aliphatic carbocycles. The Morgan fingerprint density at radius 1 is 1.33 bits per heavy atom. The Morgan fingerprint density at radius 2 is 1.92 bits per heavy atom. The maximum atomic E-state index is 11.5. The minimum Gasteiger partial charge on any atom is -0.396 e. The minimum atomic E-state index is -0.0845. The predicted octanol–water partition coefficient (Wildman–Crippen LogP) is 0.467. The summed E-state index contributed by atoms with van der Waals surface area (Å²) in [6.45, 7) is 4.10. The normalized spacial score (nSPS) is 19.1. The van der Waals surface area contributed by atoms with Crippen LogP contribution >= 0.6 is 0 Å². The molecule has 0 heterocycles. The van der Waals surface area contributed by atoms with Crippen LogP contribution in [-0.4, -0.2) is 12.3 Å². The van der Waals surface area contributed by atoms with Crippen molar-refractivity contribution in [2.24, 2.45) is 11.5 Å². The van der Waals surface area contributed by atoms with Gasteiger partial charge in [-0.1, -0.05) is 5.57 Å². The fourth-order valence-corrected chi connectivity index (χ4v) is 1.42. The highest BCUT2D eigenvalue weighted by molar-refractivity contribution is 6.09. The molecule has 0 aromatic rings. The number of carbonyl (C=O) groups is 1. The zero-order valence-electron chi connectivity index (χ0n) is 7.48. The molecule has 0 saturated heterocycles. The van der Waals surface area contributed by atoms with Gasteiger partial charge in [-0.2, -0.15) is 0 Å². The van der Waals surface area contributed by atoms with Gasteiger partial charge in [0.05, 0.1) is 5.70 Å². The monoisotopic (exact) mass is 166 g/mol. The average molecular weight is 166 g/mol. The van der Waals surface area contributed by atoms with Crippen LogP contribution in [0.15, 0.2) is 22.4 Å². The van der Waals surface area contributed by atoms with Gasteiger partial charge in [0.15, 0.2) is 0 Å². The molecule has 0 unspecified atom stereocenters.